The maximum atomic E-state index is 11.6. The first-order valence-electron chi connectivity index (χ1n) is 4.94. The number of hydrogen-bond acceptors (Lipinski definition) is 4. The van der Waals surface area contributed by atoms with E-state index in [1.807, 2.05) is 6.07 Å². The molecule has 80 valence electrons. The van der Waals surface area contributed by atoms with E-state index < -0.39 is 0 Å². The topological polar surface area (TPSA) is 61.5 Å². The van der Waals surface area contributed by atoms with Gasteiger partial charge in [-0.2, -0.15) is 0 Å². The van der Waals surface area contributed by atoms with Crippen molar-refractivity contribution in [3.63, 3.8) is 0 Å². The molecule has 0 radical (unpaired) electrons. The first-order valence-corrected chi connectivity index (χ1v) is 4.94. The van der Waals surface area contributed by atoms with Crippen molar-refractivity contribution in [2.45, 2.75) is 13.3 Å². The normalized spacial score (nSPS) is 13.1. The van der Waals surface area contributed by atoms with Crippen LogP contribution in [0.3, 0.4) is 0 Å². The maximum absolute atomic E-state index is 11.6. The van der Waals surface area contributed by atoms with E-state index in [0.29, 0.717) is 30.2 Å². The molecule has 15 heavy (non-hydrogen) atoms. The molecule has 2 rings (SSSR count). The third kappa shape index (κ3) is 1.75. The maximum Gasteiger partial charge on any atom is 0.341 e. The fourth-order valence-electron chi connectivity index (χ4n) is 1.69. The molecule has 4 heteroatoms. The van der Waals surface area contributed by atoms with Crippen molar-refractivity contribution in [3.05, 3.63) is 23.3 Å². The van der Waals surface area contributed by atoms with E-state index in [-0.39, 0.29) is 5.97 Å². The SMILES string of the molecule is CCOC(=O)c1cc(N)cc2c1OCC2. The van der Waals surface area contributed by atoms with E-state index in [9.17, 15) is 4.79 Å². The Morgan fingerprint density at radius 1 is 1.60 bits per heavy atom. The van der Waals surface area contributed by atoms with Gasteiger partial charge in [-0.05, 0) is 19.1 Å². The Kier molecular flexibility index (Phi) is 2.49. The summed E-state index contributed by atoms with van der Waals surface area (Å²) >= 11 is 0. The van der Waals surface area contributed by atoms with Crippen molar-refractivity contribution >= 4 is 11.7 Å². The van der Waals surface area contributed by atoms with Crippen LogP contribution < -0.4 is 10.5 Å². The minimum atomic E-state index is -0.372. The smallest absolute Gasteiger partial charge is 0.341 e. The minimum Gasteiger partial charge on any atom is -0.492 e. The van der Waals surface area contributed by atoms with E-state index in [0.717, 1.165) is 12.0 Å². The van der Waals surface area contributed by atoms with E-state index >= 15 is 0 Å². The Labute approximate surface area is 88.0 Å². The summed E-state index contributed by atoms with van der Waals surface area (Å²) in [7, 11) is 0. The van der Waals surface area contributed by atoms with Gasteiger partial charge in [0.05, 0.1) is 13.2 Å². The lowest BCUT2D eigenvalue weighted by Gasteiger charge is -2.08. The van der Waals surface area contributed by atoms with Gasteiger partial charge < -0.3 is 15.2 Å². The number of nitrogens with two attached hydrogens (primary N) is 1. The van der Waals surface area contributed by atoms with E-state index in [2.05, 4.69) is 0 Å². The zero-order chi connectivity index (χ0) is 10.8. The third-order valence-electron chi connectivity index (χ3n) is 2.30. The van der Waals surface area contributed by atoms with Crippen LogP contribution in [0.5, 0.6) is 5.75 Å². The highest BCUT2D eigenvalue weighted by molar-refractivity contribution is 5.94. The number of fused-ring (bicyclic) bond motifs is 1. The van der Waals surface area contributed by atoms with E-state index in [4.69, 9.17) is 15.2 Å². The van der Waals surface area contributed by atoms with Gasteiger partial charge in [0, 0.05) is 17.7 Å². The monoisotopic (exact) mass is 207 g/mol. The average molecular weight is 207 g/mol. The van der Waals surface area contributed by atoms with Gasteiger partial charge in [0.1, 0.15) is 11.3 Å². The summed E-state index contributed by atoms with van der Waals surface area (Å²) in [5.41, 5.74) is 7.69. The summed E-state index contributed by atoms with van der Waals surface area (Å²) < 4.78 is 10.3. The van der Waals surface area contributed by atoms with Crippen molar-refractivity contribution in [1.29, 1.82) is 0 Å². The van der Waals surface area contributed by atoms with Gasteiger partial charge in [0.2, 0.25) is 0 Å². The largest absolute Gasteiger partial charge is 0.492 e. The second-order valence-corrected chi connectivity index (χ2v) is 3.38. The standard InChI is InChI=1S/C11H13NO3/c1-2-14-11(13)9-6-8(12)5-7-3-4-15-10(7)9/h5-6H,2-4,12H2,1H3. The molecule has 0 spiro atoms. The lowest BCUT2D eigenvalue weighted by molar-refractivity contribution is 0.0522. The van der Waals surface area contributed by atoms with Crippen LogP contribution in [0.25, 0.3) is 0 Å². The molecule has 0 atom stereocenters. The fourth-order valence-corrected chi connectivity index (χ4v) is 1.69. The summed E-state index contributed by atoms with van der Waals surface area (Å²) in [6, 6.07) is 3.44. The first-order chi connectivity index (χ1) is 7.22. The van der Waals surface area contributed by atoms with Crippen molar-refractivity contribution in [1.82, 2.24) is 0 Å². The number of benzene rings is 1. The lowest BCUT2D eigenvalue weighted by atomic mass is 10.1. The molecule has 0 saturated heterocycles. The third-order valence-corrected chi connectivity index (χ3v) is 2.30. The van der Waals surface area contributed by atoms with Gasteiger partial charge >= 0.3 is 5.97 Å². The van der Waals surface area contributed by atoms with Crippen LogP contribution in [-0.2, 0) is 11.2 Å². The number of hydrogen-bond donors (Lipinski definition) is 1. The quantitative estimate of drug-likeness (QED) is 0.588. The van der Waals surface area contributed by atoms with Crippen molar-refractivity contribution in [3.8, 4) is 5.75 Å². The van der Waals surface area contributed by atoms with Crippen molar-refractivity contribution in [2.24, 2.45) is 0 Å². The zero-order valence-electron chi connectivity index (χ0n) is 8.58. The summed E-state index contributed by atoms with van der Waals surface area (Å²) in [6.45, 7) is 2.72. The molecule has 0 bridgehead atoms. The second-order valence-electron chi connectivity index (χ2n) is 3.38. The number of esters is 1. The molecular formula is C11H13NO3. The average Bonchev–Trinajstić information content (AvgIpc) is 2.64. The molecular weight excluding hydrogens is 194 g/mol. The molecule has 0 fully saturated rings. The molecule has 0 amide bonds. The van der Waals surface area contributed by atoms with Gasteiger partial charge in [0.15, 0.2) is 0 Å². The molecule has 1 aromatic carbocycles. The van der Waals surface area contributed by atoms with Crippen LogP contribution in [0, 0.1) is 0 Å². The number of carbonyl (C=O) groups is 1. The highest BCUT2D eigenvalue weighted by Gasteiger charge is 2.22. The van der Waals surface area contributed by atoms with Crippen molar-refractivity contribution in [2.75, 3.05) is 18.9 Å². The zero-order valence-corrected chi connectivity index (χ0v) is 8.58. The number of carbonyl (C=O) groups excluding carboxylic acids is 1. The van der Waals surface area contributed by atoms with Gasteiger partial charge in [-0.1, -0.05) is 0 Å². The van der Waals surface area contributed by atoms with Gasteiger partial charge in [-0.25, -0.2) is 4.79 Å². The predicted octanol–water partition coefficient (Wildman–Crippen LogP) is 1.38. The Morgan fingerprint density at radius 2 is 2.40 bits per heavy atom. The predicted molar refractivity (Wildman–Crippen MR) is 56.0 cm³/mol. The molecule has 1 aliphatic rings. The molecule has 1 aromatic rings. The Morgan fingerprint density at radius 3 is 3.13 bits per heavy atom. The molecule has 2 N–H and O–H groups in total. The van der Waals surface area contributed by atoms with Crippen LogP contribution >= 0.6 is 0 Å². The molecule has 1 aliphatic heterocycles. The van der Waals surface area contributed by atoms with Crippen LogP contribution in [0.4, 0.5) is 5.69 Å². The Bertz CT molecular complexity index is 401. The highest BCUT2D eigenvalue weighted by Crippen LogP contribution is 2.32. The summed E-state index contributed by atoms with van der Waals surface area (Å²) in [5.74, 6) is 0.255. The lowest BCUT2D eigenvalue weighted by Crippen LogP contribution is -2.07. The van der Waals surface area contributed by atoms with Gasteiger partial charge in [0.25, 0.3) is 0 Å². The van der Waals surface area contributed by atoms with Gasteiger partial charge in [-0.3, -0.25) is 0 Å². The van der Waals surface area contributed by atoms with Crippen molar-refractivity contribution < 1.29 is 14.3 Å². The van der Waals surface area contributed by atoms with Gasteiger partial charge in [-0.15, -0.1) is 0 Å². The highest BCUT2D eigenvalue weighted by atomic mass is 16.5. The molecule has 4 nitrogen and oxygen atoms in total. The fraction of sp³-hybridized carbons (Fsp3) is 0.364. The van der Waals surface area contributed by atoms with Crippen LogP contribution in [0.2, 0.25) is 0 Å². The molecule has 0 unspecified atom stereocenters. The summed E-state index contributed by atoms with van der Waals surface area (Å²) in [5, 5.41) is 0. The molecule has 0 aliphatic carbocycles. The molecule has 0 saturated carbocycles. The summed E-state index contributed by atoms with van der Waals surface area (Å²) in [6.07, 6.45) is 0.798. The number of ether oxygens (including phenoxy) is 2. The van der Waals surface area contributed by atoms with Crippen LogP contribution in [-0.4, -0.2) is 19.2 Å². The molecule has 0 aromatic heterocycles. The van der Waals surface area contributed by atoms with Crippen LogP contribution in [0.15, 0.2) is 12.1 Å². The first kappa shape index (κ1) is 9.83. The Balaban J connectivity index is 2.42. The molecule has 1 heterocycles. The number of anilines is 1. The number of nitrogen functional groups attached to an aromatic ring is 1. The minimum absolute atomic E-state index is 0.350. The number of rotatable bonds is 2. The Hall–Kier alpha value is -1.71. The van der Waals surface area contributed by atoms with E-state index in [1.165, 1.54) is 0 Å². The second kappa shape index (κ2) is 3.81. The van der Waals surface area contributed by atoms with E-state index in [1.54, 1.807) is 13.0 Å². The van der Waals surface area contributed by atoms with Crippen LogP contribution in [0.1, 0.15) is 22.8 Å². The summed E-state index contributed by atoms with van der Waals surface area (Å²) in [4.78, 5) is 11.6.